The van der Waals surface area contributed by atoms with Crippen LogP contribution in [0.1, 0.15) is 38.7 Å². The highest BCUT2D eigenvalue weighted by atomic mass is 35.5. The fraction of sp³-hybridized carbons (Fsp3) is 0.579. The second kappa shape index (κ2) is 11.2. The van der Waals surface area contributed by atoms with Crippen LogP contribution in [0.3, 0.4) is 0 Å². The summed E-state index contributed by atoms with van der Waals surface area (Å²) in [5.41, 5.74) is 0.586. The molecule has 0 saturated carbocycles. The van der Waals surface area contributed by atoms with Gasteiger partial charge in [-0.2, -0.15) is 0 Å². The van der Waals surface area contributed by atoms with Crippen molar-refractivity contribution >= 4 is 45.3 Å². The van der Waals surface area contributed by atoms with E-state index in [2.05, 4.69) is 34.2 Å². The molecular weight excluding hydrogens is 448 g/mol. The Morgan fingerprint density at radius 3 is 2.50 bits per heavy atom. The van der Waals surface area contributed by atoms with Crippen molar-refractivity contribution in [1.82, 2.24) is 15.4 Å². The van der Waals surface area contributed by atoms with Crippen LogP contribution in [0.4, 0.5) is 0 Å². The number of sulfonamides is 1. The van der Waals surface area contributed by atoms with Gasteiger partial charge in [-0.15, -0.1) is 11.8 Å². The van der Waals surface area contributed by atoms with Crippen molar-refractivity contribution in [3.63, 3.8) is 0 Å². The molecule has 0 aliphatic carbocycles. The van der Waals surface area contributed by atoms with Gasteiger partial charge in [0.1, 0.15) is 4.90 Å². The Labute approximate surface area is 187 Å². The number of aryl methyl sites for hydroxylation is 1. The van der Waals surface area contributed by atoms with Crippen LogP contribution in [0.25, 0.3) is 0 Å². The maximum atomic E-state index is 12.5. The average molecular weight is 477 g/mol. The number of aliphatic imine (C=N–C) groups is 1. The molecule has 1 aromatic carbocycles. The summed E-state index contributed by atoms with van der Waals surface area (Å²) in [7, 11) is -3.88. The first-order valence-corrected chi connectivity index (χ1v) is 12.6. The van der Waals surface area contributed by atoms with Gasteiger partial charge >= 0.3 is 5.97 Å². The van der Waals surface area contributed by atoms with E-state index in [0.717, 1.165) is 23.8 Å². The number of hydrogen-bond acceptors (Lipinski definition) is 7. The molecule has 2 aliphatic rings. The maximum Gasteiger partial charge on any atom is 0.313 e. The van der Waals surface area contributed by atoms with Crippen LogP contribution < -0.4 is 15.4 Å². The molecule has 4 N–H and O–H groups in total. The molecule has 1 saturated heterocycles. The third-order valence-corrected chi connectivity index (χ3v) is 7.57. The van der Waals surface area contributed by atoms with E-state index in [-0.39, 0.29) is 21.5 Å². The number of carboxylic acids is 1. The molecule has 0 spiro atoms. The summed E-state index contributed by atoms with van der Waals surface area (Å²) in [6.07, 6.45) is 4.14. The number of rotatable bonds is 5. The molecule has 2 heterocycles. The lowest BCUT2D eigenvalue weighted by Gasteiger charge is -2.25. The normalized spacial score (nSPS) is 21.1. The predicted octanol–water partition coefficient (Wildman–Crippen LogP) is 2.60. The Bertz CT molecular complexity index is 885. The minimum Gasteiger partial charge on any atom is -0.481 e. The standard InChI is InChI=1S/C12H14ClN3O4S2.C7H15N/c1-7-4-10(9(5-8(7)13)21-6-11(17)18)22(19,20)16-12-14-2-3-15-12;1-6-4-3-5-7(2)8-6/h4-5H,2-3,6H2,1H3,(H,17,18)(H2,14,15,16);6-8H,3-5H2,1-2H3. The van der Waals surface area contributed by atoms with Gasteiger partial charge in [-0.05, 0) is 51.3 Å². The first-order chi connectivity index (χ1) is 14.1. The molecule has 30 heavy (non-hydrogen) atoms. The van der Waals surface area contributed by atoms with Crippen molar-refractivity contribution in [2.24, 2.45) is 4.99 Å². The van der Waals surface area contributed by atoms with Crippen molar-refractivity contribution in [2.45, 2.75) is 61.9 Å². The summed E-state index contributed by atoms with van der Waals surface area (Å²) in [6, 6.07) is 4.41. The first kappa shape index (κ1) is 24.8. The number of guanidine groups is 1. The predicted molar refractivity (Wildman–Crippen MR) is 121 cm³/mol. The van der Waals surface area contributed by atoms with E-state index < -0.39 is 16.0 Å². The smallest absolute Gasteiger partial charge is 0.313 e. The third-order valence-electron chi connectivity index (χ3n) is 4.61. The van der Waals surface area contributed by atoms with Gasteiger partial charge < -0.3 is 15.7 Å². The maximum absolute atomic E-state index is 12.5. The van der Waals surface area contributed by atoms with E-state index >= 15 is 0 Å². The van der Waals surface area contributed by atoms with E-state index in [1.807, 2.05) is 0 Å². The molecule has 0 aromatic heterocycles. The van der Waals surface area contributed by atoms with Crippen LogP contribution in [-0.2, 0) is 14.8 Å². The van der Waals surface area contributed by atoms with E-state index in [9.17, 15) is 13.2 Å². The van der Waals surface area contributed by atoms with Gasteiger partial charge in [-0.3, -0.25) is 9.79 Å². The van der Waals surface area contributed by atoms with E-state index in [1.54, 1.807) is 6.92 Å². The summed E-state index contributed by atoms with van der Waals surface area (Å²) in [5, 5.41) is 15.4. The second-order valence-electron chi connectivity index (χ2n) is 7.39. The number of carbonyl (C=O) groups is 1. The zero-order chi connectivity index (χ0) is 22.3. The number of thioether (sulfide) groups is 1. The summed E-state index contributed by atoms with van der Waals surface area (Å²) in [4.78, 5) is 15.0. The van der Waals surface area contributed by atoms with E-state index in [4.69, 9.17) is 16.7 Å². The number of aliphatic carboxylic acids is 1. The van der Waals surface area contributed by atoms with Crippen molar-refractivity contribution in [3.05, 3.63) is 22.7 Å². The molecule has 0 bridgehead atoms. The zero-order valence-corrected chi connectivity index (χ0v) is 19.8. The van der Waals surface area contributed by atoms with Crippen molar-refractivity contribution in [1.29, 1.82) is 0 Å². The monoisotopic (exact) mass is 476 g/mol. The molecule has 1 aromatic rings. The Kier molecular flexibility index (Phi) is 9.27. The highest BCUT2D eigenvalue weighted by molar-refractivity contribution is 8.00. The van der Waals surface area contributed by atoms with Gasteiger partial charge in [0, 0.05) is 28.5 Å². The zero-order valence-electron chi connectivity index (χ0n) is 17.4. The molecule has 2 atom stereocenters. The quantitative estimate of drug-likeness (QED) is 0.482. The van der Waals surface area contributed by atoms with E-state index in [0.29, 0.717) is 23.7 Å². The van der Waals surface area contributed by atoms with Crippen LogP contribution in [0.15, 0.2) is 26.9 Å². The number of hydrogen-bond donors (Lipinski definition) is 4. The van der Waals surface area contributed by atoms with Crippen LogP contribution in [0.5, 0.6) is 0 Å². The molecule has 0 amide bonds. The fourth-order valence-corrected chi connectivity index (χ4v) is 5.70. The van der Waals surface area contributed by atoms with Crippen LogP contribution >= 0.6 is 23.4 Å². The lowest BCUT2D eigenvalue weighted by molar-refractivity contribution is -0.133. The topological polar surface area (TPSA) is 120 Å². The first-order valence-electron chi connectivity index (χ1n) is 9.80. The van der Waals surface area contributed by atoms with Crippen LogP contribution in [0.2, 0.25) is 5.02 Å². The number of piperidine rings is 1. The van der Waals surface area contributed by atoms with Gasteiger partial charge in [0.15, 0.2) is 0 Å². The lowest BCUT2D eigenvalue weighted by atomic mass is 10.0. The Balaban J connectivity index is 0.000000335. The Morgan fingerprint density at radius 1 is 1.33 bits per heavy atom. The Morgan fingerprint density at radius 2 is 2.00 bits per heavy atom. The molecule has 8 nitrogen and oxygen atoms in total. The van der Waals surface area contributed by atoms with E-state index in [1.165, 1.54) is 31.4 Å². The summed E-state index contributed by atoms with van der Waals surface area (Å²) >= 11 is 6.91. The minimum atomic E-state index is -3.88. The van der Waals surface area contributed by atoms with Crippen molar-refractivity contribution < 1.29 is 18.3 Å². The molecule has 0 radical (unpaired) electrons. The Hall–Kier alpha value is -1.49. The second-order valence-corrected chi connectivity index (χ2v) is 10.5. The van der Waals surface area contributed by atoms with Gasteiger partial charge in [0.25, 0.3) is 10.0 Å². The molecule has 1 fully saturated rings. The van der Waals surface area contributed by atoms with Gasteiger partial charge in [0.2, 0.25) is 5.96 Å². The molecule has 2 aliphatic heterocycles. The average Bonchev–Trinajstić information content (AvgIpc) is 3.14. The van der Waals surface area contributed by atoms with Crippen LogP contribution in [-0.4, -0.2) is 56.4 Å². The lowest BCUT2D eigenvalue weighted by Crippen LogP contribution is -2.38. The molecule has 3 rings (SSSR count). The van der Waals surface area contributed by atoms with Crippen LogP contribution in [0, 0.1) is 6.92 Å². The highest BCUT2D eigenvalue weighted by Crippen LogP contribution is 2.31. The number of halogens is 1. The number of nitrogens with one attached hydrogen (secondary N) is 3. The van der Waals surface area contributed by atoms with Gasteiger partial charge in [-0.25, -0.2) is 13.1 Å². The molecular formula is C19H29ClN4O4S2. The summed E-state index contributed by atoms with van der Waals surface area (Å²) in [6.45, 7) is 7.26. The fourth-order valence-electron chi connectivity index (χ4n) is 3.13. The van der Waals surface area contributed by atoms with Gasteiger partial charge in [-0.1, -0.05) is 18.0 Å². The van der Waals surface area contributed by atoms with Gasteiger partial charge in [0.05, 0.1) is 12.3 Å². The third kappa shape index (κ3) is 7.64. The molecule has 168 valence electrons. The highest BCUT2D eigenvalue weighted by Gasteiger charge is 2.23. The minimum absolute atomic E-state index is 0.0166. The number of nitrogens with zero attached hydrogens (tertiary/aromatic N) is 1. The largest absolute Gasteiger partial charge is 0.481 e. The molecule has 2 unspecified atom stereocenters. The summed E-state index contributed by atoms with van der Waals surface area (Å²) < 4.78 is 27.3. The van der Waals surface area contributed by atoms with Crippen molar-refractivity contribution in [2.75, 3.05) is 18.8 Å². The number of benzene rings is 1. The summed E-state index contributed by atoms with van der Waals surface area (Å²) in [5.74, 6) is -1.12. The molecule has 11 heteroatoms. The van der Waals surface area contributed by atoms with Crippen molar-refractivity contribution in [3.8, 4) is 0 Å². The SMILES string of the molecule is CC1CCCC(C)N1.Cc1cc(S(=O)(=O)NC2=NCCN2)c(SCC(=O)O)cc1Cl. The number of carboxylic acid groups (broad SMARTS) is 1.